The van der Waals surface area contributed by atoms with Crippen molar-refractivity contribution in [2.24, 2.45) is 0 Å². The van der Waals surface area contributed by atoms with Gasteiger partial charge >= 0.3 is 0 Å². The van der Waals surface area contributed by atoms with Crippen molar-refractivity contribution in [2.75, 3.05) is 0 Å². The summed E-state index contributed by atoms with van der Waals surface area (Å²) in [5.74, 6) is -0.0208. The number of carbonyl (C=O) groups is 1. The molecule has 2 rings (SSSR count). The van der Waals surface area contributed by atoms with Crippen molar-refractivity contribution in [1.82, 2.24) is 5.32 Å². The van der Waals surface area contributed by atoms with Crippen LogP contribution in [0.25, 0.3) is 0 Å². The number of carbonyl (C=O) groups excluding carboxylic acids is 1. The van der Waals surface area contributed by atoms with Gasteiger partial charge in [0.05, 0.1) is 6.10 Å². The molecule has 2 N–H and O–H groups in total. The number of rotatable bonds is 0. The summed E-state index contributed by atoms with van der Waals surface area (Å²) in [7, 11) is 0. The van der Waals surface area contributed by atoms with E-state index in [1.54, 1.807) is 12.2 Å². The van der Waals surface area contributed by atoms with E-state index in [0.717, 1.165) is 11.3 Å². The maximum Gasteiger partial charge on any atom is 0.228 e. The molecular formula is C9H9NO2. The number of allylic oxidation sites excluding steroid dienone is 1. The Balaban J connectivity index is 2.34. The Morgan fingerprint density at radius 3 is 3.25 bits per heavy atom. The van der Waals surface area contributed by atoms with Gasteiger partial charge < -0.3 is 10.4 Å². The minimum absolute atomic E-state index is 0.0208. The average Bonchev–Trinajstić information content (AvgIpc) is 2.03. The van der Waals surface area contributed by atoms with Crippen LogP contribution in [0.1, 0.15) is 6.42 Å². The topological polar surface area (TPSA) is 49.3 Å². The van der Waals surface area contributed by atoms with Crippen LogP contribution in [0.2, 0.25) is 0 Å². The number of aliphatic hydroxyl groups excluding tert-OH is 1. The van der Waals surface area contributed by atoms with Crippen molar-refractivity contribution in [2.45, 2.75) is 12.5 Å². The van der Waals surface area contributed by atoms with Crippen LogP contribution in [0.3, 0.4) is 0 Å². The normalized spacial score (nSPS) is 27.1. The molecule has 62 valence electrons. The average molecular weight is 163 g/mol. The summed E-state index contributed by atoms with van der Waals surface area (Å²) in [6, 6.07) is 0. The third-order valence-corrected chi connectivity index (χ3v) is 1.90. The van der Waals surface area contributed by atoms with Gasteiger partial charge in [0.15, 0.2) is 0 Å². The molecule has 0 spiro atoms. The number of nitrogens with one attached hydrogen (secondary N) is 1. The molecule has 12 heavy (non-hydrogen) atoms. The lowest BCUT2D eigenvalue weighted by molar-refractivity contribution is -0.119. The van der Waals surface area contributed by atoms with Crippen LogP contribution in [0.4, 0.5) is 0 Å². The molecule has 0 aromatic heterocycles. The molecule has 0 bridgehead atoms. The Morgan fingerprint density at radius 2 is 2.42 bits per heavy atom. The summed E-state index contributed by atoms with van der Waals surface area (Å²) in [5.41, 5.74) is 1.71. The quantitative estimate of drug-likeness (QED) is 0.537. The molecule has 0 radical (unpaired) electrons. The van der Waals surface area contributed by atoms with Crippen molar-refractivity contribution >= 4 is 5.91 Å². The van der Waals surface area contributed by atoms with E-state index in [1.807, 2.05) is 12.2 Å². The van der Waals surface area contributed by atoms with Crippen LogP contribution in [-0.4, -0.2) is 17.1 Å². The Hall–Kier alpha value is -1.35. The molecule has 1 aliphatic carbocycles. The molecule has 3 heteroatoms. The Bertz CT molecular complexity index is 312. The Labute approximate surface area is 70.1 Å². The number of aliphatic hydroxyl groups is 1. The fourth-order valence-corrected chi connectivity index (χ4v) is 1.31. The minimum Gasteiger partial charge on any atom is -0.385 e. The first-order chi connectivity index (χ1) is 5.75. The van der Waals surface area contributed by atoms with Crippen molar-refractivity contribution in [1.29, 1.82) is 0 Å². The third kappa shape index (κ3) is 1.19. The highest BCUT2D eigenvalue weighted by molar-refractivity contribution is 5.83. The van der Waals surface area contributed by atoms with Gasteiger partial charge in [-0.1, -0.05) is 18.2 Å². The maximum atomic E-state index is 10.9. The molecule has 0 saturated carbocycles. The molecule has 1 amide bonds. The lowest BCUT2D eigenvalue weighted by Crippen LogP contribution is -2.28. The first kappa shape index (κ1) is 7.31. The van der Waals surface area contributed by atoms with Gasteiger partial charge in [-0.2, -0.15) is 0 Å². The highest BCUT2D eigenvalue weighted by atomic mass is 16.3. The van der Waals surface area contributed by atoms with Crippen molar-refractivity contribution in [3.05, 3.63) is 35.6 Å². The van der Waals surface area contributed by atoms with Gasteiger partial charge in [0, 0.05) is 12.1 Å². The maximum absolute atomic E-state index is 10.9. The van der Waals surface area contributed by atoms with Crippen LogP contribution in [0.15, 0.2) is 35.6 Å². The van der Waals surface area contributed by atoms with Crippen LogP contribution in [0, 0.1) is 0 Å². The van der Waals surface area contributed by atoms with E-state index in [9.17, 15) is 9.90 Å². The third-order valence-electron chi connectivity index (χ3n) is 1.90. The van der Waals surface area contributed by atoms with E-state index < -0.39 is 6.10 Å². The lowest BCUT2D eigenvalue weighted by Gasteiger charge is -2.19. The first-order valence-electron chi connectivity index (χ1n) is 3.84. The van der Waals surface area contributed by atoms with Crippen molar-refractivity contribution in [3.63, 3.8) is 0 Å². The first-order valence-corrected chi connectivity index (χ1v) is 3.84. The fourth-order valence-electron chi connectivity index (χ4n) is 1.31. The second-order valence-corrected chi connectivity index (χ2v) is 2.84. The van der Waals surface area contributed by atoms with E-state index in [-0.39, 0.29) is 5.91 Å². The van der Waals surface area contributed by atoms with Gasteiger partial charge in [0.2, 0.25) is 5.91 Å². The summed E-state index contributed by atoms with van der Waals surface area (Å²) >= 11 is 0. The molecule has 2 aliphatic rings. The Kier molecular flexibility index (Phi) is 1.59. The van der Waals surface area contributed by atoms with Crippen molar-refractivity contribution < 1.29 is 9.90 Å². The number of amides is 1. The molecule has 1 heterocycles. The van der Waals surface area contributed by atoms with E-state index in [1.165, 1.54) is 0 Å². The van der Waals surface area contributed by atoms with Gasteiger partial charge in [0.25, 0.3) is 0 Å². The van der Waals surface area contributed by atoms with Gasteiger partial charge in [-0.25, -0.2) is 0 Å². The van der Waals surface area contributed by atoms with Crippen LogP contribution in [-0.2, 0) is 4.79 Å². The zero-order valence-electron chi connectivity index (χ0n) is 6.45. The second-order valence-electron chi connectivity index (χ2n) is 2.84. The zero-order valence-corrected chi connectivity index (χ0v) is 6.45. The van der Waals surface area contributed by atoms with Gasteiger partial charge in [-0.3, -0.25) is 4.79 Å². The zero-order chi connectivity index (χ0) is 8.55. The SMILES string of the molecule is O=C1CC=C2C=CC(O)C=C2N1. The smallest absolute Gasteiger partial charge is 0.228 e. The van der Waals surface area contributed by atoms with Crippen LogP contribution >= 0.6 is 0 Å². The molecule has 0 fully saturated rings. The molecular weight excluding hydrogens is 154 g/mol. The van der Waals surface area contributed by atoms with Crippen LogP contribution in [0.5, 0.6) is 0 Å². The molecule has 0 aromatic rings. The van der Waals surface area contributed by atoms with Gasteiger partial charge in [-0.15, -0.1) is 0 Å². The molecule has 1 atom stereocenters. The lowest BCUT2D eigenvalue weighted by atomic mass is 10.00. The predicted octanol–water partition coefficient (Wildman–Crippen LogP) is 0.247. The number of hydrogen-bond donors (Lipinski definition) is 2. The molecule has 0 saturated heterocycles. The monoisotopic (exact) mass is 163 g/mol. The van der Waals surface area contributed by atoms with Crippen molar-refractivity contribution in [3.8, 4) is 0 Å². The Morgan fingerprint density at radius 1 is 1.58 bits per heavy atom. The van der Waals surface area contributed by atoms with Gasteiger partial charge in [-0.05, 0) is 11.6 Å². The van der Waals surface area contributed by atoms with E-state index in [4.69, 9.17) is 0 Å². The minimum atomic E-state index is -0.574. The number of hydrogen-bond acceptors (Lipinski definition) is 2. The summed E-state index contributed by atoms with van der Waals surface area (Å²) in [5, 5.41) is 11.9. The van der Waals surface area contributed by atoms with E-state index >= 15 is 0 Å². The highest BCUT2D eigenvalue weighted by Gasteiger charge is 2.16. The second kappa shape index (κ2) is 2.60. The molecule has 3 nitrogen and oxygen atoms in total. The molecule has 0 aromatic carbocycles. The summed E-state index contributed by atoms with van der Waals surface area (Å²) < 4.78 is 0. The molecule has 1 aliphatic heterocycles. The summed E-state index contributed by atoms with van der Waals surface area (Å²) in [4.78, 5) is 10.9. The fraction of sp³-hybridized carbons (Fsp3) is 0.222. The highest BCUT2D eigenvalue weighted by Crippen LogP contribution is 2.19. The predicted molar refractivity (Wildman–Crippen MR) is 44.1 cm³/mol. The molecule has 1 unspecified atom stereocenters. The summed E-state index contributed by atoms with van der Waals surface area (Å²) in [6.45, 7) is 0. The van der Waals surface area contributed by atoms with Gasteiger partial charge in [0.1, 0.15) is 0 Å². The van der Waals surface area contributed by atoms with E-state index in [0.29, 0.717) is 6.42 Å². The number of fused-ring (bicyclic) bond motifs is 1. The summed E-state index contributed by atoms with van der Waals surface area (Å²) in [6.07, 6.45) is 6.84. The standard InChI is InChI=1S/C9H9NO2/c11-7-3-1-6-2-4-9(12)10-8(6)5-7/h1-3,5,7,11H,4H2,(H,10,12). The largest absolute Gasteiger partial charge is 0.385 e. The van der Waals surface area contributed by atoms with E-state index in [2.05, 4.69) is 5.32 Å². The van der Waals surface area contributed by atoms with Crippen LogP contribution < -0.4 is 5.32 Å².